The lowest BCUT2D eigenvalue weighted by Crippen LogP contribution is -2.31. The Kier molecular flexibility index (Phi) is 2.81. The van der Waals surface area contributed by atoms with Gasteiger partial charge in [-0.05, 0) is 43.4 Å². The fraction of sp³-hybridized carbons (Fsp3) is 0.417. The van der Waals surface area contributed by atoms with Crippen LogP contribution in [0.5, 0.6) is 0 Å². The normalized spacial score (nSPS) is 16.9. The summed E-state index contributed by atoms with van der Waals surface area (Å²) in [6, 6.07) is 3.75. The first-order chi connectivity index (χ1) is 7.58. The lowest BCUT2D eigenvalue weighted by atomic mass is 10.1. The van der Waals surface area contributed by atoms with Crippen LogP contribution in [0, 0.1) is 18.7 Å². The number of aliphatic carboxylic acids is 1. The summed E-state index contributed by atoms with van der Waals surface area (Å²) in [6.07, 6.45) is 1.86. The molecule has 86 valence electrons. The van der Waals surface area contributed by atoms with E-state index in [0.717, 1.165) is 18.4 Å². The molecule has 0 aliphatic heterocycles. The molecule has 1 aliphatic rings. The molecule has 2 N–H and O–H groups in total. The zero-order chi connectivity index (χ0) is 11.7. The molecule has 1 aromatic rings. The second-order valence-electron chi connectivity index (χ2n) is 4.26. The van der Waals surface area contributed by atoms with E-state index in [9.17, 15) is 9.18 Å². The van der Waals surface area contributed by atoms with Crippen LogP contribution in [0.4, 0.5) is 10.1 Å². The van der Waals surface area contributed by atoms with E-state index in [1.807, 2.05) is 6.92 Å². The maximum Gasteiger partial charge on any atom is 0.326 e. The number of nitrogens with one attached hydrogen (secondary N) is 1. The molecule has 2 rings (SSSR count). The number of aryl methyl sites for hydroxylation is 1. The maximum atomic E-state index is 13.0. The summed E-state index contributed by atoms with van der Waals surface area (Å²) in [5.41, 5.74) is 1.42. The van der Waals surface area contributed by atoms with Gasteiger partial charge in [-0.1, -0.05) is 6.07 Å². The Bertz CT molecular complexity index is 415. The number of benzene rings is 1. The number of carbonyl (C=O) groups is 1. The summed E-state index contributed by atoms with van der Waals surface area (Å²) in [5.74, 6) is -1.04. The fourth-order valence-electron chi connectivity index (χ4n) is 1.73. The van der Waals surface area contributed by atoms with Crippen LogP contribution in [-0.4, -0.2) is 17.1 Å². The third-order valence-corrected chi connectivity index (χ3v) is 2.87. The largest absolute Gasteiger partial charge is 0.480 e. The van der Waals surface area contributed by atoms with Crippen molar-refractivity contribution in [1.29, 1.82) is 0 Å². The quantitative estimate of drug-likeness (QED) is 0.824. The highest BCUT2D eigenvalue weighted by Crippen LogP contribution is 2.34. The van der Waals surface area contributed by atoms with Crippen LogP contribution >= 0.6 is 0 Å². The van der Waals surface area contributed by atoms with Gasteiger partial charge in [-0.3, -0.25) is 0 Å². The number of rotatable bonds is 4. The fourth-order valence-corrected chi connectivity index (χ4v) is 1.73. The zero-order valence-corrected chi connectivity index (χ0v) is 9.03. The topological polar surface area (TPSA) is 49.3 Å². The Morgan fingerprint density at radius 3 is 2.81 bits per heavy atom. The Morgan fingerprint density at radius 2 is 2.25 bits per heavy atom. The van der Waals surface area contributed by atoms with Gasteiger partial charge in [0, 0.05) is 5.69 Å². The summed E-state index contributed by atoms with van der Waals surface area (Å²) < 4.78 is 13.0. The van der Waals surface area contributed by atoms with Gasteiger partial charge in [0.25, 0.3) is 0 Å². The van der Waals surface area contributed by atoms with Crippen molar-refractivity contribution in [1.82, 2.24) is 0 Å². The van der Waals surface area contributed by atoms with Crippen molar-refractivity contribution in [2.24, 2.45) is 5.92 Å². The van der Waals surface area contributed by atoms with E-state index in [1.165, 1.54) is 12.1 Å². The van der Waals surface area contributed by atoms with E-state index in [-0.39, 0.29) is 11.7 Å². The molecule has 4 heteroatoms. The summed E-state index contributed by atoms with van der Waals surface area (Å²) >= 11 is 0. The molecule has 1 atom stereocenters. The molecule has 16 heavy (non-hydrogen) atoms. The first-order valence-electron chi connectivity index (χ1n) is 5.33. The van der Waals surface area contributed by atoms with E-state index in [0.29, 0.717) is 5.69 Å². The minimum absolute atomic E-state index is 0.181. The molecule has 3 nitrogen and oxygen atoms in total. The molecule has 1 unspecified atom stereocenters. The molecule has 0 heterocycles. The third-order valence-electron chi connectivity index (χ3n) is 2.87. The highest BCUT2D eigenvalue weighted by atomic mass is 19.1. The van der Waals surface area contributed by atoms with Crippen LogP contribution < -0.4 is 5.32 Å². The number of anilines is 1. The molecule has 1 aromatic carbocycles. The molecule has 0 amide bonds. The van der Waals surface area contributed by atoms with E-state index in [2.05, 4.69) is 5.32 Å². The van der Waals surface area contributed by atoms with Crippen molar-refractivity contribution in [3.8, 4) is 0 Å². The minimum Gasteiger partial charge on any atom is -0.480 e. The second-order valence-corrected chi connectivity index (χ2v) is 4.26. The molecular weight excluding hydrogens is 209 g/mol. The monoisotopic (exact) mass is 223 g/mol. The van der Waals surface area contributed by atoms with Crippen molar-refractivity contribution in [2.75, 3.05) is 5.32 Å². The Hall–Kier alpha value is -1.58. The molecule has 1 fully saturated rings. The van der Waals surface area contributed by atoms with Crippen LogP contribution in [-0.2, 0) is 4.79 Å². The van der Waals surface area contributed by atoms with Crippen LogP contribution in [0.25, 0.3) is 0 Å². The first-order valence-corrected chi connectivity index (χ1v) is 5.33. The highest BCUT2D eigenvalue weighted by Gasteiger charge is 2.36. The number of hydrogen-bond acceptors (Lipinski definition) is 2. The molecule has 1 saturated carbocycles. The molecular formula is C12H14FNO2. The van der Waals surface area contributed by atoms with Crippen molar-refractivity contribution in [2.45, 2.75) is 25.8 Å². The summed E-state index contributed by atoms with van der Waals surface area (Å²) in [6.45, 7) is 1.83. The second kappa shape index (κ2) is 4.12. The van der Waals surface area contributed by atoms with Gasteiger partial charge in [-0.2, -0.15) is 0 Å². The number of hydrogen-bond donors (Lipinski definition) is 2. The van der Waals surface area contributed by atoms with Crippen molar-refractivity contribution in [3.63, 3.8) is 0 Å². The maximum absolute atomic E-state index is 13.0. The van der Waals surface area contributed by atoms with Gasteiger partial charge in [-0.25, -0.2) is 9.18 Å². The van der Waals surface area contributed by atoms with E-state index < -0.39 is 12.0 Å². The SMILES string of the molecule is Cc1ccc(F)cc1NC(C(=O)O)C1CC1. The standard InChI is InChI=1S/C12H14FNO2/c1-7-2-5-9(13)6-10(7)14-11(12(15)16)8-3-4-8/h2,5-6,8,11,14H,3-4H2,1H3,(H,15,16). The predicted molar refractivity (Wildman–Crippen MR) is 58.9 cm³/mol. The third kappa shape index (κ3) is 2.32. The molecule has 0 spiro atoms. The van der Waals surface area contributed by atoms with Crippen LogP contribution in [0.15, 0.2) is 18.2 Å². The van der Waals surface area contributed by atoms with Gasteiger partial charge in [0.2, 0.25) is 0 Å². The summed E-state index contributed by atoms with van der Waals surface area (Å²) in [5, 5.41) is 12.0. The number of carboxylic acids is 1. The van der Waals surface area contributed by atoms with Crippen molar-refractivity contribution in [3.05, 3.63) is 29.6 Å². The van der Waals surface area contributed by atoms with Crippen LogP contribution in [0.3, 0.4) is 0 Å². The van der Waals surface area contributed by atoms with Crippen molar-refractivity contribution < 1.29 is 14.3 Å². The average Bonchev–Trinajstić information content (AvgIpc) is 3.02. The summed E-state index contributed by atoms with van der Waals surface area (Å²) in [7, 11) is 0. The number of halogens is 1. The van der Waals surface area contributed by atoms with Gasteiger partial charge < -0.3 is 10.4 Å². The lowest BCUT2D eigenvalue weighted by Gasteiger charge is -2.16. The minimum atomic E-state index is -0.869. The van der Waals surface area contributed by atoms with Crippen molar-refractivity contribution >= 4 is 11.7 Å². The van der Waals surface area contributed by atoms with E-state index in [1.54, 1.807) is 6.07 Å². The Morgan fingerprint density at radius 1 is 1.56 bits per heavy atom. The van der Waals surface area contributed by atoms with Crippen LogP contribution in [0.1, 0.15) is 18.4 Å². The van der Waals surface area contributed by atoms with Crippen LogP contribution in [0.2, 0.25) is 0 Å². The van der Waals surface area contributed by atoms with Gasteiger partial charge in [0.15, 0.2) is 0 Å². The van der Waals surface area contributed by atoms with Gasteiger partial charge >= 0.3 is 5.97 Å². The summed E-state index contributed by atoms with van der Waals surface area (Å²) in [4.78, 5) is 11.0. The zero-order valence-electron chi connectivity index (χ0n) is 9.03. The van der Waals surface area contributed by atoms with E-state index >= 15 is 0 Å². The first kappa shape index (κ1) is 10.9. The lowest BCUT2D eigenvalue weighted by molar-refractivity contribution is -0.138. The average molecular weight is 223 g/mol. The number of carboxylic acid groups (broad SMARTS) is 1. The molecule has 0 radical (unpaired) electrons. The van der Waals surface area contributed by atoms with Gasteiger partial charge in [0.05, 0.1) is 0 Å². The molecule has 1 aliphatic carbocycles. The Balaban J connectivity index is 2.17. The molecule has 0 aromatic heterocycles. The van der Waals surface area contributed by atoms with Gasteiger partial charge in [0.1, 0.15) is 11.9 Å². The van der Waals surface area contributed by atoms with Gasteiger partial charge in [-0.15, -0.1) is 0 Å². The smallest absolute Gasteiger partial charge is 0.326 e. The molecule has 0 saturated heterocycles. The predicted octanol–water partition coefficient (Wildman–Crippen LogP) is 2.41. The highest BCUT2D eigenvalue weighted by molar-refractivity contribution is 5.78. The Labute approximate surface area is 93.3 Å². The van der Waals surface area contributed by atoms with E-state index in [4.69, 9.17) is 5.11 Å². The molecule has 0 bridgehead atoms.